The lowest BCUT2D eigenvalue weighted by Crippen LogP contribution is -2.44. The Morgan fingerprint density at radius 1 is 1.06 bits per heavy atom. The summed E-state index contributed by atoms with van der Waals surface area (Å²) in [4.78, 5) is 10.0. The quantitative estimate of drug-likeness (QED) is 0.354. The average Bonchev–Trinajstić information content (AvgIpc) is 2.82. The SMILES string of the molecule is C[C@H]1C[C@H](C)CN(c2cc(C(F)(F)F)nc(NC(=S)NCC3(c4ccc(F)cc4)CCCCC3)n2)C1. The van der Waals surface area contributed by atoms with Crippen LogP contribution < -0.4 is 15.5 Å². The monoisotopic (exact) mass is 523 g/mol. The number of hydrogen-bond acceptors (Lipinski definition) is 4. The van der Waals surface area contributed by atoms with E-state index in [1.165, 1.54) is 12.1 Å². The highest BCUT2D eigenvalue weighted by Crippen LogP contribution is 2.39. The molecule has 2 heterocycles. The van der Waals surface area contributed by atoms with Crippen molar-refractivity contribution in [2.75, 3.05) is 29.9 Å². The van der Waals surface area contributed by atoms with E-state index in [1.807, 2.05) is 17.0 Å². The molecule has 1 aromatic heterocycles. The van der Waals surface area contributed by atoms with Crippen LogP contribution in [-0.4, -0.2) is 34.7 Å². The summed E-state index contributed by atoms with van der Waals surface area (Å²) < 4.78 is 54.5. The summed E-state index contributed by atoms with van der Waals surface area (Å²) in [5.74, 6) is 0.495. The van der Waals surface area contributed by atoms with E-state index in [2.05, 4.69) is 34.4 Å². The highest BCUT2D eigenvalue weighted by atomic mass is 32.1. The van der Waals surface area contributed by atoms with Gasteiger partial charge in [-0.3, -0.25) is 0 Å². The van der Waals surface area contributed by atoms with Gasteiger partial charge in [-0.1, -0.05) is 45.2 Å². The number of nitrogens with zero attached hydrogens (tertiary/aromatic N) is 3. The molecule has 5 nitrogen and oxygen atoms in total. The van der Waals surface area contributed by atoms with Crippen LogP contribution in [0.25, 0.3) is 0 Å². The van der Waals surface area contributed by atoms with Crippen LogP contribution in [0.3, 0.4) is 0 Å². The fourth-order valence-corrected chi connectivity index (χ4v) is 5.81. The fraction of sp³-hybridized carbons (Fsp3) is 0.577. The molecular weight excluding hydrogens is 490 g/mol. The van der Waals surface area contributed by atoms with E-state index >= 15 is 0 Å². The third-order valence-corrected chi connectivity index (χ3v) is 7.52. The van der Waals surface area contributed by atoms with Crippen molar-refractivity contribution in [1.82, 2.24) is 15.3 Å². The predicted octanol–water partition coefficient (Wildman–Crippen LogP) is 6.31. The van der Waals surface area contributed by atoms with Gasteiger partial charge < -0.3 is 15.5 Å². The molecule has 196 valence electrons. The first-order valence-corrected chi connectivity index (χ1v) is 13.0. The number of benzene rings is 1. The topological polar surface area (TPSA) is 53.1 Å². The highest BCUT2D eigenvalue weighted by Gasteiger charge is 2.36. The van der Waals surface area contributed by atoms with Crippen molar-refractivity contribution in [3.8, 4) is 0 Å². The molecule has 1 saturated heterocycles. The third kappa shape index (κ3) is 6.44. The van der Waals surface area contributed by atoms with E-state index in [9.17, 15) is 17.6 Å². The maximum atomic E-state index is 13.7. The fourth-order valence-electron chi connectivity index (χ4n) is 5.64. The Bertz CT molecular complexity index is 1040. The normalized spacial score (nSPS) is 22.2. The lowest BCUT2D eigenvalue weighted by Gasteiger charge is -2.38. The first-order chi connectivity index (χ1) is 17.0. The molecule has 2 fully saturated rings. The summed E-state index contributed by atoms with van der Waals surface area (Å²) in [5.41, 5.74) is -0.194. The molecular formula is C26H33F4N5S. The number of aromatic nitrogens is 2. The minimum absolute atomic E-state index is 0.160. The Kier molecular flexibility index (Phi) is 8.02. The van der Waals surface area contributed by atoms with Crippen LogP contribution in [-0.2, 0) is 11.6 Å². The molecule has 2 atom stereocenters. The molecule has 1 aromatic carbocycles. The summed E-state index contributed by atoms with van der Waals surface area (Å²) in [6, 6.07) is 7.55. The van der Waals surface area contributed by atoms with Gasteiger partial charge in [-0.2, -0.15) is 18.2 Å². The van der Waals surface area contributed by atoms with Crippen molar-refractivity contribution < 1.29 is 17.6 Å². The molecule has 1 aliphatic carbocycles. The van der Waals surface area contributed by atoms with Crippen LogP contribution in [0.1, 0.15) is 63.6 Å². The molecule has 2 N–H and O–H groups in total. The van der Waals surface area contributed by atoms with Crippen molar-refractivity contribution in [2.45, 2.75) is 64.0 Å². The lowest BCUT2D eigenvalue weighted by atomic mass is 9.69. The Labute approximate surface area is 215 Å². The molecule has 10 heteroatoms. The third-order valence-electron chi connectivity index (χ3n) is 7.28. The van der Waals surface area contributed by atoms with E-state index in [0.29, 0.717) is 31.5 Å². The van der Waals surface area contributed by atoms with Gasteiger partial charge >= 0.3 is 6.18 Å². The van der Waals surface area contributed by atoms with Crippen molar-refractivity contribution in [2.24, 2.45) is 11.8 Å². The number of alkyl halides is 3. The summed E-state index contributed by atoms with van der Waals surface area (Å²) >= 11 is 5.44. The molecule has 1 saturated carbocycles. The number of anilines is 2. The predicted molar refractivity (Wildman–Crippen MR) is 138 cm³/mol. The molecule has 0 spiro atoms. The second kappa shape index (κ2) is 10.9. The Morgan fingerprint density at radius 3 is 2.31 bits per heavy atom. The summed E-state index contributed by atoms with van der Waals surface area (Å²) in [6.07, 6.45) is 1.50. The van der Waals surface area contributed by atoms with Crippen molar-refractivity contribution in [3.05, 3.63) is 47.4 Å². The molecule has 0 radical (unpaired) electrons. The number of rotatable bonds is 5. The zero-order valence-corrected chi connectivity index (χ0v) is 21.5. The van der Waals surface area contributed by atoms with Crippen LogP contribution >= 0.6 is 12.2 Å². The number of halogens is 4. The molecule has 0 unspecified atom stereocenters. The number of nitrogens with one attached hydrogen (secondary N) is 2. The molecule has 0 bridgehead atoms. The van der Waals surface area contributed by atoms with Gasteiger partial charge in [-0.25, -0.2) is 9.37 Å². The van der Waals surface area contributed by atoms with E-state index in [4.69, 9.17) is 12.2 Å². The van der Waals surface area contributed by atoms with E-state index in [-0.39, 0.29) is 28.1 Å². The first kappa shape index (κ1) is 26.6. The molecule has 36 heavy (non-hydrogen) atoms. The molecule has 0 amide bonds. The summed E-state index contributed by atoms with van der Waals surface area (Å²) in [5, 5.41) is 6.12. The Hall–Kier alpha value is -2.49. The zero-order chi connectivity index (χ0) is 25.9. The van der Waals surface area contributed by atoms with Crippen molar-refractivity contribution in [3.63, 3.8) is 0 Å². The Morgan fingerprint density at radius 2 is 1.69 bits per heavy atom. The second-order valence-corrected chi connectivity index (χ2v) is 10.8. The van der Waals surface area contributed by atoms with E-state index in [1.54, 1.807) is 0 Å². The van der Waals surface area contributed by atoms with Crippen molar-refractivity contribution in [1.29, 1.82) is 0 Å². The van der Waals surface area contributed by atoms with Gasteiger partial charge in [0, 0.05) is 31.1 Å². The standard InChI is InChI=1S/C26H33F4N5S/c1-17-12-18(2)15-35(14-17)22-13-21(26(28,29)30)32-23(33-22)34-24(36)31-16-25(10-4-3-5-11-25)19-6-8-20(27)9-7-19/h6-9,13,17-18H,3-5,10-12,14-16H2,1-2H3,(H2,31,32,33,34,36)/t17-,18-/m0/s1. The maximum absolute atomic E-state index is 13.7. The van der Waals surface area contributed by atoms with Crippen molar-refractivity contribution >= 4 is 29.1 Å². The molecule has 4 rings (SSSR count). The molecule has 2 aliphatic rings. The summed E-state index contributed by atoms with van der Waals surface area (Å²) in [7, 11) is 0. The van der Waals surface area contributed by atoms with Gasteiger partial charge in [-0.15, -0.1) is 0 Å². The van der Waals surface area contributed by atoms with Crippen LogP contribution in [0, 0.1) is 17.7 Å². The smallest absolute Gasteiger partial charge is 0.361 e. The molecule has 2 aromatic rings. The number of hydrogen-bond donors (Lipinski definition) is 2. The van der Waals surface area contributed by atoms with Gasteiger partial charge in [0.1, 0.15) is 11.6 Å². The summed E-state index contributed by atoms with van der Waals surface area (Å²) in [6.45, 7) is 5.95. The van der Waals surface area contributed by atoms with Gasteiger partial charge in [-0.05, 0) is 61.0 Å². The van der Waals surface area contributed by atoms with E-state index in [0.717, 1.165) is 50.2 Å². The van der Waals surface area contributed by atoms with Gasteiger partial charge in [0.25, 0.3) is 0 Å². The average molecular weight is 524 g/mol. The lowest BCUT2D eigenvalue weighted by molar-refractivity contribution is -0.141. The molecule has 1 aliphatic heterocycles. The maximum Gasteiger partial charge on any atom is 0.433 e. The largest absolute Gasteiger partial charge is 0.433 e. The van der Waals surface area contributed by atoms with E-state index < -0.39 is 11.9 Å². The van der Waals surface area contributed by atoms with Crippen LogP contribution in [0.2, 0.25) is 0 Å². The van der Waals surface area contributed by atoms with Crippen LogP contribution in [0.4, 0.5) is 29.3 Å². The highest BCUT2D eigenvalue weighted by molar-refractivity contribution is 7.80. The van der Waals surface area contributed by atoms with Gasteiger partial charge in [0.2, 0.25) is 5.95 Å². The van der Waals surface area contributed by atoms with Crippen LogP contribution in [0.15, 0.2) is 30.3 Å². The minimum atomic E-state index is -4.61. The minimum Gasteiger partial charge on any atom is -0.361 e. The first-order valence-electron chi connectivity index (χ1n) is 12.6. The second-order valence-electron chi connectivity index (χ2n) is 10.4. The Balaban J connectivity index is 1.51. The number of thiocarbonyl (C=S) groups is 1. The number of piperidine rings is 1. The van der Waals surface area contributed by atoms with Gasteiger partial charge in [0.15, 0.2) is 10.8 Å². The van der Waals surface area contributed by atoms with Crippen LogP contribution in [0.5, 0.6) is 0 Å². The zero-order valence-electron chi connectivity index (χ0n) is 20.7. The van der Waals surface area contributed by atoms with Gasteiger partial charge in [0.05, 0.1) is 0 Å².